The topological polar surface area (TPSA) is 26.0 Å². The number of benzene rings is 1. The molecule has 0 radical (unpaired) electrons. The van der Waals surface area contributed by atoms with Gasteiger partial charge in [-0.2, -0.15) is 0 Å². The van der Waals surface area contributed by atoms with Crippen LogP contribution in [0.5, 0.6) is 0 Å². The smallest absolute Gasteiger partial charge is 0.137 e. The van der Waals surface area contributed by atoms with Gasteiger partial charge in [0.2, 0.25) is 0 Å². The van der Waals surface area contributed by atoms with Crippen LogP contribution in [-0.4, -0.2) is 6.54 Å². The van der Waals surface area contributed by atoms with Crippen molar-refractivity contribution in [3.63, 3.8) is 0 Å². The first kappa shape index (κ1) is 11.6. The molecule has 2 N–H and O–H groups in total. The van der Waals surface area contributed by atoms with Crippen LogP contribution in [0.1, 0.15) is 5.56 Å². The SMILES string of the molecule is NCCc1cccc(F)c1Sc1cccs1. The second kappa shape index (κ2) is 5.48. The molecule has 0 spiro atoms. The molecule has 0 fully saturated rings. The summed E-state index contributed by atoms with van der Waals surface area (Å²) < 4.78 is 14.8. The van der Waals surface area contributed by atoms with E-state index in [-0.39, 0.29) is 5.82 Å². The van der Waals surface area contributed by atoms with Crippen molar-refractivity contribution in [3.8, 4) is 0 Å². The molecule has 1 aromatic carbocycles. The molecule has 0 aliphatic heterocycles. The van der Waals surface area contributed by atoms with Gasteiger partial charge in [0, 0.05) is 0 Å². The Hall–Kier alpha value is -0.840. The quantitative estimate of drug-likeness (QED) is 0.902. The Kier molecular flexibility index (Phi) is 3.98. The van der Waals surface area contributed by atoms with Crippen LogP contribution in [0.3, 0.4) is 0 Å². The lowest BCUT2D eigenvalue weighted by atomic mass is 10.1. The highest BCUT2D eigenvalue weighted by atomic mass is 32.2. The van der Waals surface area contributed by atoms with Gasteiger partial charge in [-0.05, 0) is 36.0 Å². The van der Waals surface area contributed by atoms with E-state index in [0.29, 0.717) is 17.9 Å². The maximum atomic E-state index is 13.7. The molecule has 1 heterocycles. The Morgan fingerprint density at radius 3 is 2.81 bits per heavy atom. The third-order valence-corrected chi connectivity index (χ3v) is 4.36. The Morgan fingerprint density at radius 2 is 2.12 bits per heavy atom. The van der Waals surface area contributed by atoms with Gasteiger partial charge in [-0.1, -0.05) is 30.0 Å². The van der Waals surface area contributed by atoms with E-state index in [2.05, 4.69) is 0 Å². The Labute approximate surface area is 102 Å². The van der Waals surface area contributed by atoms with E-state index in [1.807, 2.05) is 23.6 Å². The molecule has 2 rings (SSSR count). The number of hydrogen-bond acceptors (Lipinski definition) is 3. The van der Waals surface area contributed by atoms with Crippen molar-refractivity contribution in [3.05, 3.63) is 47.1 Å². The van der Waals surface area contributed by atoms with Crippen molar-refractivity contribution in [1.29, 1.82) is 0 Å². The summed E-state index contributed by atoms with van der Waals surface area (Å²) >= 11 is 3.09. The normalized spacial score (nSPS) is 10.6. The summed E-state index contributed by atoms with van der Waals surface area (Å²) in [6.45, 7) is 0.543. The van der Waals surface area contributed by atoms with E-state index < -0.39 is 0 Å². The lowest BCUT2D eigenvalue weighted by Crippen LogP contribution is -2.04. The fourth-order valence-corrected chi connectivity index (χ4v) is 3.31. The summed E-state index contributed by atoms with van der Waals surface area (Å²) in [4.78, 5) is 0.704. The Bertz CT molecular complexity index is 454. The largest absolute Gasteiger partial charge is 0.330 e. The minimum atomic E-state index is -0.163. The highest BCUT2D eigenvalue weighted by Gasteiger charge is 2.09. The Morgan fingerprint density at radius 1 is 1.25 bits per heavy atom. The van der Waals surface area contributed by atoms with Crippen LogP contribution in [0.2, 0.25) is 0 Å². The van der Waals surface area contributed by atoms with Gasteiger partial charge in [-0.25, -0.2) is 4.39 Å². The minimum Gasteiger partial charge on any atom is -0.330 e. The van der Waals surface area contributed by atoms with Crippen LogP contribution >= 0.6 is 23.1 Å². The Balaban J connectivity index is 2.30. The second-order valence-corrected chi connectivity index (χ2v) is 5.56. The standard InChI is InChI=1S/C12H12FNS2/c13-10-4-1-3-9(6-7-14)12(10)16-11-5-2-8-15-11/h1-5,8H,6-7,14H2. The summed E-state index contributed by atoms with van der Waals surface area (Å²) in [5.41, 5.74) is 6.51. The van der Waals surface area contributed by atoms with Crippen molar-refractivity contribution in [1.82, 2.24) is 0 Å². The van der Waals surface area contributed by atoms with Crippen molar-refractivity contribution < 1.29 is 4.39 Å². The van der Waals surface area contributed by atoms with Crippen LogP contribution in [0.15, 0.2) is 44.8 Å². The highest BCUT2D eigenvalue weighted by Crippen LogP contribution is 2.35. The molecular formula is C12H12FNS2. The molecule has 1 aromatic heterocycles. The number of halogens is 1. The van der Waals surface area contributed by atoms with Gasteiger partial charge in [0.15, 0.2) is 0 Å². The molecule has 2 aromatic rings. The zero-order valence-corrected chi connectivity index (χ0v) is 10.3. The third kappa shape index (κ3) is 2.64. The summed E-state index contributed by atoms with van der Waals surface area (Å²) in [6.07, 6.45) is 0.714. The molecule has 1 nitrogen and oxygen atoms in total. The lowest BCUT2D eigenvalue weighted by molar-refractivity contribution is 0.597. The van der Waals surface area contributed by atoms with Gasteiger partial charge in [0.1, 0.15) is 5.82 Å². The molecule has 0 aliphatic carbocycles. The van der Waals surface area contributed by atoms with E-state index >= 15 is 0 Å². The summed E-state index contributed by atoms with van der Waals surface area (Å²) in [7, 11) is 0. The predicted octanol–water partition coefficient (Wildman–Crippen LogP) is 3.54. The monoisotopic (exact) mass is 253 g/mol. The van der Waals surface area contributed by atoms with Gasteiger partial charge in [0.25, 0.3) is 0 Å². The van der Waals surface area contributed by atoms with E-state index in [0.717, 1.165) is 9.77 Å². The number of hydrogen-bond donors (Lipinski definition) is 1. The van der Waals surface area contributed by atoms with Gasteiger partial charge in [-0.15, -0.1) is 11.3 Å². The summed E-state index contributed by atoms with van der Waals surface area (Å²) in [5, 5.41) is 1.99. The van der Waals surface area contributed by atoms with E-state index in [9.17, 15) is 4.39 Å². The second-order valence-electron chi connectivity index (χ2n) is 3.30. The minimum absolute atomic E-state index is 0.163. The maximum absolute atomic E-state index is 13.7. The van der Waals surface area contributed by atoms with E-state index in [1.165, 1.54) is 17.8 Å². The molecule has 0 amide bonds. The molecular weight excluding hydrogens is 241 g/mol. The van der Waals surface area contributed by atoms with Crippen LogP contribution in [0.4, 0.5) is 4.39 Å². The number of thiophene rings is 1. The van der Waals surface area contributed by atoms with Crippen LogP contribution in [-0.2, 0) is 6.42 Å². The van der Waals surface area contributed by atoms with Crippen LogP contribution < -0.4 is 5.73 Å². The zero-order chi connectivity index (χ0) is 11.4. The highest BCUT2D eigenvalue weighted by molar-refractivity contribution is 8.01. The average Bonchev–Trinajstić information content (AvgIpc) is 2.76. The lowest BCUT2D eigenvalue weighted by Gasteiger charge is -2.07. The van der Waals surface area contributed by atoms with Crippen LogP contribution in [0.25, 0.3) is 0 Å². The van der Waals surface area contributed by atoms with Crippen molar-refractivity contribution in [2.24, 2.45) is 5.73 Å². The fraction of sp³-hybridized carbons (Fsp3) is 0.167. The third-order valence-electron chi connectivity index (χ3n) is 2.16. The molecule has 0 saturated heterocycles. The molecule has 0 bridgehead atoms. The molecule has 0 saturated carbocycles. The average molecular weight is 253 g/mol. The first-order valence-electron chi connectivity index (χ1n) is 5.00. The van der Waals surface area contributed by atoms with E-state index in [4.69, 9.17) is 5.73 Å². The van der Waals surface area contributed by atoms with Gasteiger partial charge in [-0.3, -0.25) is 0 Å². The molecule has 16 heavy (non-hydrogen) atoms. The van der Waals surface area contributed by atoms with Gasteiger partial charge < -0.3 is 5.73 Å². The van der Waals surface area contributed by atoms with Crippen molar-refractivity contribution in [2.45, 2.75) is 15.5 Å². The van der Waals surface area contributed by atoms with E-state index in [1.54, 1.807) is 17.4 Å². The molecule has 4 heteroatoms. The fourth-order valence-electron chi connectivity index (χ4n) is 1.44. The zero-order valence-electron chi connectivity index (χ0n) is 8.65. The van der Waals surface area contributed by atoms with Crippen molar-refractivity contribution in [2.75, 3.05) is 6.54 Å². The molecule has 0 atom stereocenters. The summed E-state index contributed by atoms with van der Waals surface area (Å²) in [5.74, 6) is -0.163. The first-order chi connectivity index (χ1) is 7.81. The molecule has 84 valence electrons. The number of nitrogens with two attached hydrogens (primary N) is 1. The van der Waals surface area contributed by atoms with Gasteiger partial charge in [0.05, 0.1) is 9.10 Å². The molecule has 0 unspecified atom stereocenters. The maximum Gasteiger partial charge on any atom is 0.137 e. The first-order valence-corrected chi connectivity index (χ1v) is 6.69. The van der Waals surface area contributed by atoms with Gasteiger partial charge >= 0.3 is 0 Å². The predicted molar refractivity (Wildman–Crippen MR) is 67.6 cm³/mol. The number of rotatable bonds is 4. The molecule has 0 aliphatic rings. The van der Waals surface area contributed by atoms with Crippen LogP contribution in [0, 0.1) is 5.82 Å². The summed E-state index contributed by atoms with van der Waals surface area (Å²) in [6, 6.07) is 9.13. The van der Waals surface area contributed by atoms with Crippen molar-refractivity contribution >= 4 is 23.1 Å².